The Morgan fingerprint density at radius 3 is 2.77 bits per heavy atom. The molecule has 0 radical (unpaired) electrons. The number of aromatic nitrogens is 3. The Hall–Kier alpha value is -4.21. The predicted molar refractivity (Wildman–Crippen MR) is 162 cm³/mol. The molecule has 3 heterocycles. The van der Waals surface area contributed by atoms with E-state index >= 15 is 0 Å². The van der Waals surface area contributed by atoms with Crippen LogP contribution in [0.1, 0.15) is 18.2 Å². The lowest BCUT2D eigenvalue weighted by Gasteiger charge is -2.31. The van der Waals surface area contributed by atoms with Crippen LogP contribution in [0.2, 0.25) is 0 Å². The summed E-state index contributed by atoms with van der Waals surface area (Å²) in [5, 5.41) is 7.53. The first-order valence-corrected chi connectivity index (χ1v) is 13.5. The summed E-state index contributed by atoms with van der Waals surface area (Å²) in [4.78, 5) is 26.1. The van der Waals surface area contributed by atoms with Crippen LogP contribution in [0.15, 0.2) is 61.3 Å². The topological polar surface area (TPSA) is 87.5 Å². The fourth-order valence-electron chi connectivity index (χ4n) is 5.34. The van der Waals surface area contributed by atoms with Crippen LogP contribution in [0.4, 0.5) is 23.0 Å². The van der Waals surface area contributed by atoms with Crippen molar-refractivity contribution in [3.05, 3.63) is 72.6 Å². The summed E-state index contributed by atoms with van der Waals surface area (Å²) in [5.74, 6) is 0.208. The molecule has 2 aromatic carbocycles. The number of ether oxygens (including phenoxy) is 1. The number of hydrogen-bond acceptors (Lipinski definition) is 7. The summed E-state index contributed by atoms with van der Waals surface area (Å²) in [6.07, 6.45) is 3.05. The van der Waals surface area contributed by atoms with Gasteiger partial charge < -0.3 is 29.7 Å². The standard InChI is InChI=1S/C31H37N7O2/c1-7-29(39)33-25-17-24(20(2)16-27(25)37(6)21(3)18-36(4)5)35-31-32-13-12-23(34-31)30-22-10-8-9-11-26(22)38-14-15-40-19-28(30)38/h7-13,16-17,21H,1,14-15,18-19H2,2-6H3,(H,33,39)(H,32,34,35). The minimum absolute atomic E-state index is 0.222. The second-order valence-corrected chi connectivity index (χ2v) is 10.5. The first kappa shape index (κ1) is 27.4. The number of aryl methyl sites for hydroxylation is 1. The number of hydrogen-bond donors (Lipinski definition) is 2. The molecular formula is C31H37N7O2. The third-order valence-corrected chi connectivity index (χ3v) is 7.39. The summed E-state index contributed by atoms with van der Waals surface area (Å²) in [7, 11) is 6.15. The lowest BCUT2D eigenvalue weighted by atomic mass is 10.1. The Morgan fingerprint density at radius 1 is 1.20 bits per heavy atom. The van der Waals surface area contributed by atoms with Gasteiger partial charge in [-0.15, -0.1) is 0 Å². The second-order valence-electron chi connectivity index (χ2n) is 10.5. The van der Waals surface area contributed by atoms with Crippen molar-refractivity contribution >= 4 is 39.8 Å². The molecule has 1 aliphatic rings. The number of carbonyl (C=O) groups excluding carboxylic acids is 1. The van der Waals surface area contributed by atoms with Gasteiger partial charge in [-0.05, 0) is 63.8 Å². The Kier molecular flexibility index (Phi) is 7.86. The number of nitrogens with zero attached hydrogens (tertiary/aromatic N) is 5. The summed E-state index contributed by atoms with van der Waals surface area (Å²) in [5.41, 5.74) is 7.64. The molecule has 9 heteroatoms. The molecule has 1 amide bonds. The molecule has 0 saturated heterocycles. The number of likely N-dealkylation sites (N-methyl/N-ethyl adjacent to an activating group) is 2. The van der Waals surface area contributed by atoms with Crippen molar-refractivity contribution in [1.82, 2.24) is 19.4 Å². The Labute approximate surface area is 235 Å². The third-order valence-electron chi connectivity index (χ3n) is 7.39. The van der Waals surface area contributed by atoms with Gasteiger partial charge in [-0.3, -0.25) is 4.79 Å². The molecule has 1 aliphatic heterocycles. The minimum atomic E-state index is -0.268. The maximum absolute atomic E-state index is 12.3. The van der Waals surface area contributed by atoms with E-state index < -0.39 is 0 Å². The third kappa shape index (κ3) is 5.43. The van der Waals surface area contributed by atoms with Gasteiger partial charge in [0.2, 0.25) is 11.9 Å². The number of amides is 1. The smallest absolute Gasteiger partial charge is 0.247 e. The molecule has 0 bridgehead atoms. The van der Waals surface area contributed by atoms with E-state index in [2.05, 4.69) is 87.9 Å². The van der Waals surface area contributed by atoms with Crippen LogP contribution in [0.3, 0.4) is 0 Å². The fraction of sp³-hybridized carbons (Fsp3) is 0.323. The van der Waals surface area contributed by atoms with Gasteiger partial charge in [-0.2, -0.15) is 0 Å². The highest BCUT2D eigenvalue weighted by molar-refractivity contribution is 6.02. The Morgan fingerprint density at radius 2 is 2.00 bits per heavy atom. The molecule has 0 aliphatic carbocycles. The van der Waals surface area contributed by atoms with Gasteiger partial charge in [0.1, 0.15) is 0 Å². The van der Waals surface area contributed by atoms with E-state index in [1.165, 1.54) is 11.6 Å². The number of fused-ring (bicyclic) bond motifs is 3. The molecule has 40 heavy (non-hydrogen) atoms. The molecular weight excluding hydrogens is 502 g/mol. The molecule has 5 rings (SSSR count). The van der Waals surface area contributed by atoms with Gasteiger partial charge in [0.25, 0.3) is 0 Å². The van der Waals surface area contributed by atoms with E-state index in [4.69, 9.17) is 9.72 Å². The zero-order chi connectivity index (χ0) is 28.4. The molecule has 0 saturated carbocycles. The fourth-order valence-corrected chi connectivity index (χ4v) is 5.34. The van der Waals surface area contributed by atoms with Gasteiger partial charge in [-0.1, -0.05) is 24.8 Å². The van der Waals surface area contributed by atoms with E-state index in [1.807, 2.05) is 26.1 Å². The largest absolute Gasteiger partial charge is 0.373 e. The summed E-state index contributed by atoms with van der Waals surface area (Å²) < 4.78 is 8.15. The van der Waals surface area contributed by atoms with E-state index in [-0.39, 0.29) is 11.9 Å². The number of para-hydroxylation sites is 1. The number of rotatable bonds is 9. The molecule has 208 valence electrons. The normalized spacial score (nSPS) is 13.7. The molecule has 1 atom stereocenters. The van der Waals surface area contributed by atoms with Crippen LogP contribution in [-0.2, 0) is 22.7 Å². The molecule has 9 nitrogen and oxygen atoms in total. The van der Waals surface area contributed by atoms with Crippen molar-refractivity contribution in [1.29, 1.82) is 0 Å². The monoisotopic (exact) mass is 539 g/mol. The van der Waals surface area contributed by atoms with Crippen LogP contribution >= 0.6 is 0 Å². The number of anilines is 4. The van der Waals surface area contributed by atoms with Crippen molar-refractivity contribution in [2.45, 2.75) is 33.0 Å². The second kappa shape index (κ2) is 11.5. The van der Waals surface area contributed by atoms with Crippen molar-refractivity contribution in [3.8, 4) is 11.3 Å². The van der Waals surface area contributed by atoms with Crippen molar-refractivity contribution < 1.29 is 9.53 Å². The van der Waals surface area contributed by atoms with E-state index in [1.54, 1.807) is 6.20 Å². The van der Waals surface area contributed by atoms with Gasteiger partial charge in [0, 0.05) is 54.5 Å². The number of nitrogens with one attached hydrogen (secondary N) is 2. The first-order chi connectivity index (χ1) is 19.3. The van der Waals surface area contributed by atoms with Crippen LogP contribution in [0, 0.1) is 6.92 Å². The van der Waals surface area contributed by atoms with Crippen molar-refractivity contribution in [2.75, 3.05) is 49.8 Å². The number of carbonyl (C=O) groups is 1. The summed E-state index contributed by atoms with van der Waals surface area (Å²) >= 11 is 0. The average molecular weight is 540 g/mol. The number of benzene rings is 2. The average Bonchev–Trinajstić information content (AvgIpc) is 3.28. The van der Waals surface area contributed by atoms with E-state index in [9.17, 15) is 4.79 Å². The van der Waals surface area contributed by atoms with Crippen molar-refractivity contribution in [2.24, 2.45) is 0 Å². The maximum Gasteiger partial charge on any atom is 0.247 e. The predicted octanol–water partition coefficient (Wildman–Crippen LogP) is 5.19. The molecule has 0 spiro atoms. The van der Waals surface area contributed by atoms with Crippen LogP contribution in [0.5, 0.6) is 0 Å². The lowest BCUT2D eigenvalue weighted by Crippen LogP contribution is -2.38. The van der Waals surface area contributed by atoms with Crippen LogP contribution < -0.4 is 15.5 Å². The highest BCUT2D eigenvalue weighted by Gasteiger charge is 2.23. The molecule has 2 aromatic heterocycles. The van der Waals surface area contributed by atoms with Crippen LogP contribution in [-0.4, -0.2) is 65.7 Å². The van der Waals surface area contributed by atoms with Gasteiger partial charge in [0.05, 0.1) is 36.0 Å². The highest BCUT2D eigenvalue weighted by atomic mass is 16.5. The molecule has 4 aromatic rings. The van der Waals surface area contributed by atoms with Crippen molar-refractivity contribution in [3.63, 3.8) is 0 Å². The molecule has 1 unspecified atom stereocenters. The quantitative estimate of drug-likeness (QED) is 0.283. The highest BCUT2D eigenvalue weighted by Crippen LogP contribution is 2.37. The maximum atomic E-state index is 12.3. The van der Waals surface area contributed by atoms with Gasteiger partial charge in [0.15, 0.2) is 0 Å². The summed E-state index contributed by atoms with van der Waals surface area (Å²) in [6.45, 7) is 10.8. The minimum Gasteiger partial charge on any atom is -0.373 e. The first-order valence-electron chi connectivity index (χ1n) is 13.5. The molecule has 0 fully saturated rings. The van der Waals surface area contributed by atoms with Gasteiger partial charge >= 0.3 is 0 Å². The SMILES string of the molecule is C=CC(=O)Nc1cc(Nc2nccc(-c3c4n(c5ccccc35)CCOC4)n2)c(C)cc1N(C)C(C)CN(C)C. The zero-order valence-electron chi connectivity index (χ0n) is 23.9. The summed E-state index contributed by atoms with van der Waals surface area (Å²) in [6, 6.07) is 14.6. The lowest BCUT2D eigenvalue weighted by molar-refractivity contribution is -0.111. The Bertz CT molecular complexity index is 1560. The van der Waals surface area contributed by atoms with Gasteiger partial charge in [-0.25, -0.2) is 9.97 Å². The molecule has 2 N–H and O–H groups in total. The van der Waals surface area contributed by atoms with E-state index in [0.29, 0.717) is 24.8 Å². The van der Waals surface area contributed by atoms with Crippen LogP contribution in [0.25, 0.3) is 22.2 Å². The Balaban J connectivity index is 1.51. The zero-order valence-corrected chi connectivity index (χ0v) is 23.9. The van der Waals surface area contributed by atoms with E-state index in [0.717, 1.165) is 52.4 Å².